The third-order valence-electron chi connectivity index (χ3n) is 4.86. The number of nitrogens with zero attached hydrogens (tertiary/aromatic N) is 1. The van der Waals surface area contributed by atoms with Crippen LogP contribution in [0.2, 0.25) is 10.0 Å². The van der Waals surface area contributed by atoms with Crippen molar-refractivity contribution in [2.24, 2.45) is 0 Å². The number of rotatable bonds is 3. The molecule has 2 N–H and O–H groups in total. The lowest BCUT2D eigenvalue weighted by atomic mass is 9.81. The van der Waals surface area contributed by atoms with Crippen molar-refractivity contribution >= 4 is 46.7 Å². The van der Waals surface area contributed by atoms with E-state index in [1.54, 1.807) is 12.1 Å². The van der Waals surface area contributed by atoms with Crippen molar-refractivity contribution in [1.82, 2.24) is 10.2 Å². The molecule has 1 aliphatic carbocycles. The minimum atomic E-state index is -0.944. The summed E-state index contributed by atoms with van der Waals surface area (Å²) in [7, 11) is 0. The molecule has 1 spiro atoms. The zero-order valence-electron chi connectivity index (χ0n) is 13.8. The fourth-order valence-corrected chi connectivity index (χ4v) is 3.89. The second-order valence-corrected chi connectivity index (χ2v) is 7.38. The first kappa shape index (κ1) is 18.0. The van der Waals surface area contributed by atoms with Crippen molar-refractivity contribution in [3.8, 4) is 0 Å². The number of carbonyl (C=O) groups is 3. The quantitative estimate of drug-likeness (QED) is 0.782. The number of nitrogens with one attached hydrogen (secondary N) is 2. The summed E-state index contributed by atoms with van der Waals surface area (Å²) in [5.41, 5.74) is -0.468. The van der Waals surface area contributed by atoms with Crippen LogP contribution < -0.4 is 10.6 Å². The number of hydrogen-bond donors (Lipinski definition) is 2. The molecule has 0 bridgehead atoms. The van der Waals surface area contributed by atoms with Gasteiger partial charge in [-0.2, -0.15) is 0 Å². The molecule has 1 saturated heterocycles. The van der Waals surface area contributed by atoms with Crippen LogP contribution in [0.1, 0.15) is 39.0 Å². The highest BCUT2D eigenvalue weighted by atomic mass is 35.5. The second kappa shape index (κ2) is 6.84. The fraction of sp³-hybridized carbons (Fsp3) is 0.471. The van der Waals surface area contributed by atoms with E-state index < -0.39 is 23.5 Å². The van der Waals surface area contributed by atoms with Gasteiger partial charge in [0.15, 0.2) is 0 Å². The number of imide groups is 1. The van der Waals surface area contributed by atoms with Gasteiger partial charge in [-0.3, -0.25) is 9.59 Å². The van der Waals surface area contributed by atoms with E-state index in [2.05, 4.69) is 10.6 Å². The number of anilines is 1. The van der Waals surface area contributed by atoms with Crippen LogP contribution in [0, 0.1) is 0 Å². The van der Waals surface area contributed by atoms with Crippen LogP contribution in [0.3, 0.4) is 0 Å². The molecule has 0 radical (unpaired) electrons. The molecule has 134 valence electrons. The summed E-state index contributed by atoms with van der Waals surface area (Å²) in [5, 5.41) is 6.18. The predicted octanol–water partition coefficient (Wildman–Crippen LogP) is 3.58. The van der Waals surface area contributed by atoms with Gasteiger partial charge in [-0.05, 0) is 38.0 Å². The highest BCUT2D eigenvalue weighted by molar-refractivity contribution is 6.36. The van der Waals surface area contributed by atoms with Gasteiger partial charge in [-0.25, -0.2) is 9.69 Å². The van der Waals surface area contributed by atoms with Gasteiger partial charge in [0, 0.05) is 5.02 Å². The van der Waals surface area contributed by atoms with Crippen LogP contribution in [0.15, 0.2) is 18.2 Å². The molecule has 1 aromatic carbocycles. The van der Waals surface area contributed by atoms with E-state index in [-0.39, 0.29) is 10.9 Å². The SMILES string of the molecule is CC(C(=O)Nc1ccc(Cl)cc1Cl)N1C(=O)NC2(CCCCC2)C1=O. The molecule has 8 heteroatoms. The number of amides is 4. The molecule has 2 fully saturated rings. The van der Waals surface area contributed by atoms with E-state index in [4.69, 9.17) is 23.2 Å². The second-order valence-electron chi connectivity index (χ2n) is 6.54. The monoisotopic (exact) mass is 383 g/mol. The molecule has 25 heavy (non-hydrogen) atoms. The third kappa shape index (κ3) is 3.33. The first-order valence-corrected chi connectivity index (χ1v) is 9.01. The van der Waals surface area contributed by atoms with Gasteiger partial charge in [0.05, 0.1) is 10.7 Å². The molecule has 3 rings (SSSR count). The van der Waals surface area contributed by atoms with Crippen LogP contribution in [0.5, 0.6) is 0 Å². The Morgan fingerprint density at radius 3 is 2.56 bits per heavy atom. The summed E-state index contributed by atoms with van der Waals surface area (Å²) in [4.78, 5) is 38.7. The molecule has 0 aromatic heterocycles. The standard InChI is InChI=1S/C17H19Cl2N3O3/c1-10(14(23)20-13-6-5-11(18)9-12(13)19)22-15(24)17(21-16(22)25)7-3-2-4-8-17/h5-6,9-10H,2-4,7-8H2,1H3,(H,20,23)(H,21,25). The average Bonchev–Trinajstić information content (AvgIpc) is 2.80. The van der Waals surface area contributed by atoms with Crippen molar-refractivity contribution in [2.45, 2.75) is 50.6 Å². The largest absolute Gasteiger partial charge is 0.325 e. The van der Waals surface area contributed by atoms with Crippen LogP contribution in [0.4, 0.5) is 10.5 Å². The van der Waals surface area contributed by atoms with E-state index in [9.17, 15) is 14.4 Å². The highest BCUT2D eigenvalue weighted by Gasteiger charge is 2.53. The van der Waals surface area contributed by atoms with Crippen molar-refractivity contribution in [2.75, 3.05) is 5.32 Å². The highest BCUT2D eigenvalue weighted by Crippen LogP contribution is 2.34. The van der Waals surface area contributed by atoms with Crippen LogP contribution in [0.25, 0.3) is 0 Å². The zero-order valence-corrected chi connectivity index (χ0v) is 15.3. The molecule has 1 saturated carbocycles. The summed E-state index contributed by atoms with van der Waals surface area (Å²) in [6.45, 7) is 1.53. The van der Waals surface area contributed by atoms with Crippen molar-refractivity contribution in [3.05, 3.63) is 28.2 Å². The summed E-state index contributed by atoms with van der Waals surface area (Å²) in [5.74, 6) is -0.803. The Balaban J connectivity index is 1.75. The number of urea groups is 1. The van der Waals surface area contributed by atoms with Crippen LogP contribution >= 0.6 is 23.2 Å². The Morgan fingerprint density at radius 2 is 1.92 bits per heavy atom. The van der Waals surface area contributed by atoms with Gasteiger partial charge < -0.3 is 10.6 Å². The molecule has 4 amide bonds. The Hall–Kier alpha value is -1.79. The lowest BCUT2D eigenvalue weighted by molar-refractivity contribution is -0.137. The molecule has 1 aromatic rings. The maximum atomic E-state index is 12.8. The zero-order chi connectivity index (χ0) is 18.2. The first-order chi connectivity index (χ1) is 11.8. The number of hydrogen-bond acceptors (Lipinski definition) is 3. The normalized spacial score (nSPS) is 20.5. The smallest absolute Gasteiger partial charge is 0.323 e. The number of benzene rings is 1. The minimum Gasteiger partial charge on any atom is -0.323 e. The molecule has 1 unspecified atom stereocenters. The van der Waals surface area contributed by atoms with Gasteiger partial charge in [-0.15, -0.1) is 0 Å². The fourth-order valence-electron chi connectivity index (χ4n) is 3.43. The molecule has 1 heterocycles. The molecular formula is C17H19Cl2N3O3. The summed E-state index contributed by atoms with van der Waals surface area (Å²) >= 11 is 11.9. The van der Waals surface area contributed by atoms with Gasteiger partial charge in [-0.1, -0.05) is 42.5 Å². The van der Waals surface area contributed by atoms with Crippen molar-refractivity contribution in [3.63, 3.8) is 0 Å². The molecule has 2 aliphatic rings. The van der Waals surface area contributed by atoms with Crippen molar-refractivity contribution in [1.29, 1.82) is 0 Å². The summed E-state index contributed by atoms with van der Waals surface area (Å²) in [6.07, 6.45) is 4.06. The Morgan fingerprint density at radius 1 is 1.24 bits per heavy atom. The maximum absolute atomic E-state index is 12.8. The van der Waals surface area contributed by atoms with E-state index >= 15 is 0 Å². The predicted molar refractivity (Wildman–Crippen MR) is 95.7 cm³/mol. The molecule has 1 aliphatic heterocycles. The summed E-state index contributed by atoms with van der Waals surface area (Å²) < 4.78 is 0. The molecular weight excluding hydrogens is 365 g/mol. The number of carbonyl (C=O) groups excluding carboxylic acids is 3. The minimum absolute atomic E-state index is 0.286. The molecule has 6 nitrogen and oxygen atoms in total. The summed E-state index contributed by atoms with van der Waals surface area (Å²) in [6, 6.07) is 3.22. The van der Waals surface area contributed by atoms with E-state index in [1.165, 1.54) is 13.0 Å². The average molecular weight is 384 g/mol. The van der Waals surface area contributed by atoms with Crippen molar-refractivity contribution < 1.29 is 14.4 Å². The first-order valence-electron chi connectivity index (χ1n) is 8.26. The van der Waals surface area contributed by atoms with E-state index in [0.717, 1.165) is 24.2 Å². The lowest BCUT2D eigenvalue weighted by Crippen LogP contribution is -2.50. The van der Waals surface area contributed by atoms with E-state index in [0.29, 0.717) is 23.6 Å². The Labute approximate surface area is 155 Å². The van der Waals surface area contributed by atoms with Gasteiger partial charge in [0.25, 0.3) is 5.91 Å². The van der Waals surface area contributed by atoms with Gasteiger partial charge >= 0.3 is 6.03 Å². The van der Waals surface area contributed by atoms with Crippen LogP contribution in [-0.4, -0.2) is 34.3 Å². The van der Waals surface area contributed by atoms with E-state index in [1.807, 2.05) is 0 Å². The maximum Gasteiger partial charge on any atom is 0.325 e. The topological polar surface area (TPSA) is 78.5 Å². The van der Waals surface area contributed by atoms with Gasteiger partial charge in [0.2, 0.25) is 5.91 Å². The Bertz CT molecular complexity index is 732. The van der Waals surface area contributed by atoms with Crippen LogP contribution in [-0.2, 0) is 9.59 Å². The number of halogens is 2. The van der Waals surface area contributed by atoms with Gasteiger partial charge in [0.1, 0.15) is 11.6 Å². The third-order valence-corrected chi connectivity index (χ3v) is 5.40. The molecule has 1 atom stereocenters. The lowest BCUT2D eigenvalue weighted by Gasteiger charge is -2.31. The Kier molecular flexibility index (Phi) is 4.93.